The van der Waals surface area contributed by atoms with E-state index < -0.39 is 16.4 Å². The van der Waals surface area contributed by atoms with Crippen molar-refractivity contribution in [3.05, 3.63) is 10.1 Å². The highest BCUT2D eigenvalue weighted by molar-refractivity contribution is 5.81. The van der Waals surface area contributed by atoms with Gasteiger partial charge in [0.2, 0.25) is 0 Å². The van der Waals surface area contributed by atoms with E-state index in [9.17, 15) is 19.7 Å². The van der Waals surface area contributed by atoms with Crippen LogP contribution in [0.5, 0.6) is 0 Å². The lowest BCUT2D eigenvalue weighted by Gasteiger charge is -2.21. The van der Waals surface area contributed by atoms with E-state index in [1.807, 2.05) is 0 Å². The summed E-state index contributed by atoms with van der Waals surface area (Å²) < 4.78 is 4.70. The highest BCUT2D eigenvalue weighted by Crippen LogP contribution is 2.23. The fourth-order valence-electron chi connectivity index (χ4n) is 1.37. The molecule has 0 aliphatic heterocycles. The fourth-order valence-corrected chi connectivity index (χ4v) is 1.37. The van der Waals surface area contributed by atoms with Crippen LogP contribution >= 0.6 is 0 Å². The van der Waals surface area contributed by atoms with Crippen LogP contribution in [-0.2, 0) is 14.3 Å². The molecule has 0 aliphatic carbocycles. The maximum absolute atomic E-state index is 11.6. The summed E-state index contributed by atoms with van der Waals surface area (Å²) in [7, 11) is 0. The number of Topliss-reactive ketones (excluding diaryl/α,β-unsaturated/α-hetero) is 1. The molecule has 0 amide bonds. The van der Waals surface area contributed by atoms with E-state index >= 15 is 0 Å². The molecule has 0 fully saturated rings. The summed E-state index contributed by atoms with van der Waals surface area (Å²) in [5, 5.41) is 11.0. The average Bonchev–Trinajstić information content (AvgIpc) is 2.18. The zero-order valence-electron chi connectivity index (χ0n) is 9.82. The molecule has 0 spiro atoms. The van der Waals surface area contributed by atoms with Gasteiger partial charge in [0.15, 0.2) is 0 Å². The largest absolute Gasteiger partial charge is 0.461 e. The average molecular weight is 231 g/mol. The molecule has 0 N–H and O–H groups in total. The Balaban J connectivity index is 4.91. The standard InChI is InChI=1S/C10H17NO5/c1-4-10(11(14)15,7-6-8(3)12)9(13)16-5-2/h4-7H2,1-3H3. The zero-order chi connectivity index (χ0) is 12.8. The van der Waals surface area contributed by atoms with Crippen LogP contribution in [0.1, 0.15) is 40.0 Å². The van der Waals surface area contributed by atoms with Crippen molar-refractivity contribution in [3.8, 4) is 0 Å². The first-order valence-corrected chi connectivity index (χ1v) is 5.21. The monoisotopic (exact) mass is 231 g/mol. The van der Waals surface area contributed by atoms with E-state index in [1.165, 1.54) is 6.92 Å². The molecule has 0 aliphatic rings. The molecule has 0 aromatic heterocycles. The summed E-state index contributed by atoms with van der Waals surface area (Å²) >= 11 is 0. The summed E-state index contributed by atoms with van der Waals surface area (Å²) in [5.41, 5.74) is -1.78. The third-order valence-corrected chi connectivity index (χ3v) is 2.48. The number of rotatable bonds is 7. The van der Waals surface area contributed by atoms with Gasteiger partial charge in [-0.25, -0.2) is 4.79 Å². The van der Waals surface area contributed by atoms with Crippen LogP contribution in [-0.4, -0.2) is 28.8 Å². The van der Waals surface area contributed by atoms with Gasteiger partial charge in [-0.1, -0.05) is 6.92 Å². The molecule has 1 atom stereocenters. The van der Waals surface area contributed by atoms with Crippen LogP contribution in [0.25, 0.3) is 0 Å². The van der Waals surface area contributed by atoms with Crippen LogP contribution < -0.4 is 0 Å². The smallest absolute Gasteiger partial charge is 0.384 e. The predicted octanol–water partition coefficient (Wildman–Crippen LogP) is 1.34. The summed E-state index contributed by atoms with van der Waals surface area (Å²) in [5.74, 6) is -1.03. The third-order valence-electron chi connectivity index (χ3n) is 2.48. The lowest BCUT2D eigenvalue weighted by molar-refractivity contribution is -0.557. The molecule has 16 heavy (non-hydrogen) atoms. The molecule has 0 aromatic carbocycles. The van der Waals surface area contributed by atoms with Gasteiger partial charge in [-0.3, -0.25) is 10.1 Å². The van der Waals surface area contributed by atoms with E-state index in [-0.39, 0.29) is 31.7 Å². The van der Waals surface area contributed by atoms with Crippen LogP contribution in [0.2, 0.25) is 0 Å². The number of hydrogen-bond acceptors (Lipinski definition) is 5. The van der Waals surface area contributed by atoms with Gasteiger partial charge in [-0.15, -0.1) is 0 Å². The molecule has 92 valence electrons. The van der Waals surface area contributed by atoms with Crippen molar-refractivity contribution in [2.45, 2.75) is 45.6 Å². The highest BCUT2D eigenvalue weighted by Gasteiger charge is 2.50. The summed E-state index contributed by atoms with van der Waals surface area (Å²) in [6.45, 7) is 4.56. The number of ketones is 1. The lowest BCUT2D eigenvalue weighted by Crippen LogP contribution is -2.47. The Morgan fingerprint density at radius 3 is 2.25 bits per heavy atom. The number of ether oxygens (including phenoxy) is 1. The first-order chi connectivity index (χ1) is 7.40. The van der Waals surface area contributed by atoms with Crippen molar-refractivity contribution < 1.29 is 19.2 Å². The molecule has 1 unspecified atom stereocenters. The molecule has 0 saturated carbocycles. The minimum Gasteiger partial charge on any atom is -0.461 e. The highest BCUT2D eigenvalue weighted by atomic mass is 16.6. The minimum absolute atomic E-state index is 0.00757. The van der Waals surface area contributed by atoms with Gasteiger partial charge in [-0.2, -0.15) is 0 Å². The second-order valence-electron chi connectivity index (χ2n) is 3.56. The van der Waals surface area contributed by atoms with Crippen molar-refractivity contribution in [1.82, 2.24) is 0 Å². The van der Waals surface area contributed by atoms with Gasteiger partial charge in [-0.05, 0) is 13.8 Å². The number of carbonyl (C=O) groups is 2. The lowest BCUT2D eigenvalue weighted by atomic mass is 9.90. The van der Waals surface area contributed by atoms with Crippen molar-refractivity contribution >= 4 is 11.8 Å². The first-order valence-electron chi connectivity index (χ1n) is 5.21. The fraction of sp³-hybridized carbons (Fsp3) is 0.800. The van der Waals surface area contributed by atoms with Gasteiger partial charge >= 0.3 is 11.5 Å². The molecule has 6 heteroatoms. The van der Waals surface area contributed by atoms with Gasteiger partial charge in [0.25, 0.3) is 0 Å². The Morgan fingerprint density at radius 1 is 1.38 bits per heavy atom. The molecule has 0 radical (unpaired) electrons. The molecule has 6 nitrogen and oxygen atoms in total. The van der Waals surface area contributed by atoms with Crippen molar-refractivity contribution in [3.63, 3.8) is 0 Å². The number of carbonyl (C=O) groups excluding carboxylic acids is 2. The Hall–Kier alpha value is -1.46. The molecule has 0 rings (SSSR count). The van der Waals surface area contributed by atoms with Crippen LogP contribution in [0.4, 0.5) is 0 Å². The molecule has 0 heterocycles. The van der Waals surface area contributed by atoms with Gasteiger partial charge in [0.05, 0.1) is 6.61 Å². The van der Waals surface area contributed by atoms with E-state index in [2.05, 4.69) is 0 Å². The van der Waals surface area contributed by atoms with E-state index in [1.54, 1.807) is 13.8 Å². The second kappa shape index (κ2) is 6.19. The van der Waals surface area contributed by atoms with Crippen LogP contribution in [0.3, 0.4) is 0 Å². The van der Waals surface area contributed by atoms with Gasteiger partial charge in [0.1, 0.15) is 5.78 Å². The Bertz CT molecular complexity index is 289. The van der Waals surface area contributed by atoms with Crippen molar-refractivity contribution in [2.75, 3.05) is 6.61 Å². The Labute approximate surface area is 94.1 Å². The van der Waals surface area contributed by atoms with Crippen LogP contribution in [0.15, 0.2) is 0 Å². The zero-order valence-corrected chi connectivity index (χ0v) is 9.82. The first kappa shape index (κ1) is 14.5. The van der Waals surface area contributed by atoms with Crippen molar-refractivity contribution in [1.29, 1.82) is 0 Å². The van der Waals surface area contributed by atoms with E-state index in [0.29, 0.717) is 0 Å². The topological polar surface area (TPSA) is 86.5 Å². The second-order valence-corrected chi connectivity index (χ2v) is 3.56. The normalized spacial score (nSPS) is 13.9. The molecule has 0 saturated heterocycles. The number of esters is 1. The SMILES string of the molecule is CCOC(=O)C(CC)(CCC(C)=O)[N+](=O)[O-]. The molecular weight excluding hydrogens is 214 g/mol. The van der Waals surface area contributed by atoms with Gasteiger partial charge < -0.3 is 9.53 Å². The Kier molecular flexibility index (Phi) is 5.63. The van der Waals surface area contributed by atoms with Gasteiger partial charge in [0, 0.05) is 24.2 Å². The van der Waals surface area contributed by atoms with Crippen LogP contribution in [0, 0.1) is 10.1 Å². The summed E-state index contributed by atoms with van der Waals surface area (Å²) in [4.78, 5) is 32.7. The molecule has 0 aromatic rings. The maximum Gasteiger partial charge on any atom is 0.384 e. The van der Waals surface area contributed by atoms with E-state index in [4.69, 9.17) is 4.74 Å². The van der Waals surface area contributed by atoms with Crippen molar-refractivity contribution in [2.24, 2.45) is 0 Å². The Morgan fingerprint density at radius 2 is 1.94 bits per heavy atom. The molecular formula is C10H17NO5. The summed E-state index contributed by atoms with van der Waals surface area (Å²) in [6, 6.07) is 0. The third kappa shape index (κ3) is 3.29. The number of hydrogen-bond donors (Lipinski definition) is 0. The molecule has 0 bridgehead atoms. The number of nitrogens with zero attached hydrogens (tertiary/aromatic N) is 1. The number of nitro groups is 1. The minimum atomic E-state index is -1.78. The predicted molar refractivity (Wildman–Crippen MR) is 56.6 cm³/mol. The van der Waals surface area contributed by atoms with E-state index in [0.717, 1.165) is 0 Å². The summed E-state index contributed by atoms with van der Waals surface area (Å²) in [6.07, 6.45) is -0.0790. The maximum atomic E-state index is 11.6. The quantitative estimate of drug-likeness (QED) is 0.375.